The number of fused-ring (bicyclic) bond motifs is 1. The molecule has 3 rings (SSSR count). The highest BCUT2D eigenvalue weighted by molar-refractivity contribution is 7.11. The minimum Gasteiger partial charge on any atom is -0.302 e. The van der Waals surface area contributed by atoms with Crippen molar-refractivity contribution in [1.82, 2.24) is 15.3 Å². The predicted octanol–water partition coefficient (Wildman–Crippen LogP) is 3.71. The largest absolute Gasteiger partial charge is 0.302 e. The number of halogens is 1. The van der Waals surface area contributed by atoms with Crippen molar-refractivity contribution >= 4 is 11.3 Å². The molecule has 0 aromatic carbocycles. The molecule has 2 heterocycles. The second-order valence-electron chi connectivity index (χ2n) is 5.31. The van der Waals surface area contributed by atoms with Gasteiger partial charge in [-0.15, -0.1) is 11.3 Å². The van der Waals surface area contributed by atoms with Gasteiger partial charge in [0.25, 0.3) is 0 Å². The molecule has 0 unspecified atom stereocenters. The van der Waals surface area contributed by atoms with E-state index in [1.807, 2.05) is 0 Å². The Labute approximate surface area is 122 Å². The molecule has 2 aromatic heterocycles. The summed E-state index contributed by atoms with van der Waals surface area (Å²) in [7, 11) is 0. The molecule has 2 atom stereocenters. The normalized spacial score (nSPS) is 19.6. The first kappa shape index (κ1) is 13.6. The van der Waals surface area contributed by atoms with Crippen molar-refractivity contribution in [3.05, 3.63) is 45.4 Å². The van der Waals surface area contributed by atoms with E-state index in [4.69, 9.17) is 0 Å². The Morgan fingerprint density at radius 1 is 1.45 bits per heavy atom. The zero-order valence-corrected chi connectivity index (χ0v) is 12.5. The van der Waals surface area contributed by atoms with Crippen LogP contribution in [0.25, 0.3) is 0 Å². The van der Waals surface area contributed by atoms with Gasteiger partial charge in [-0.2, -0.15) is 0 Å². The van der Waals surface area contributed by atoms with Crippen molar-refractivity contribution in [3.8, 4) is 0 Å². The predicted molar refractivity (Wildman–Crippen MR) is 78.3 cm³/mol. The van der Waals surface area contributed by atoms with Gasteiger partial charge in [0.05, 0.1) is 16.9 Å². The third-order valence-corrected chi connectivity index (χ3v) is 4.86. The van der Waals surface area contributed by atoms with Crippen molar-refractivity contribution in [2.75, 3.05) is 0 Å². The van der Waals surface area contributed by atoms with Gasteiger partial charge in [0.15, 0.2) is 0 Å². The van der Waals surface area contributed by atoms with Crippen LogP contribution in [0.4, 0.5) is 4.39 Å². The second-order valence-corrected chi connectivity index (χ2v) is 6.55. The first-order chi connectivity index (χ1) is 9.63. The Kier molecular flexibility index (Phi) is 3.81. The summed E-state index contributed by atoms with van der Waals surface area (Å²) in [4.78, 5) is 9.88. The van der Waals surface area contributed by atoms with E-state index < -0.39 is 0 Å². The molecule has 2 aromatic rings. The summed E-state index contributed by atoms with van der Waals surface area (Å²) in [6, 6.07) is 1.95. The van der Waals surface area contributed by atoms with E-state index in [2.05, 4.69) is 29.1 Å². The van der Waals surface area contributed by atoms with Crippen LogP contribution in [-0.2, 0) is 6.42 Å². The molecule has 1 aliphatic carbocycles. The fraction of sp³-hybridized carbons (Fsp3) is 0.467. The summed E-state index contributed by atoms with van der Waals surface area (Å²) in [5.74, 6) is -0.283. The molecule has 5 heteroatoms. The van der Waals surface area contributed by atoms with Crippen molar-refractivity contribution in [2.45, 2.75) is 45.2 Å². The quantitative estimate of drug-likeness (QED) is 0.936. The lowest BCUT2D eigenvalue weighted by atomic mass is 9.96. The molecule has 106 valence electrons. The lowest BCUT2D eigenvalue weighted by molar-refractivity contribution is 0.417. The van der Waals surface area contributed by atoms with E-state index in [0.29, 0.717) is 6.04 Å². The van der Waals surface area contributed by atoms with Gasteiger partial charge < -0.3 is 5.32 Å². The van der Waals surface area contributed by atoms with Crippen LogP contribution in [0, 0.1) is 12.7 Å². The Morgan fingerprint density at radius 3 is 3.10 bits per heavy atom. The van der Waals surface area contributed by atoms with E-state index in [9.17, 15) is 4.39 Å². The van der Waals surface area contributed by atoms with Gasteiger partial charge in [-0.1, -0.05) is 0 Å². The maximum absolute atomic E-state index is 13.3. The maximum atomic E-state index is 13.3. The summed E-state index contributed by atoms with van der Waals surface area (Å²) < 4.78 is 13.3. The van der Waals surface area contributed by atoms with Gasteiger partial charge in [-0.3, -0.25) is 4.98 Å². The topological polar surface area (TPSA) is 37.8 Å². The Morgan fingerprint density at radius 2 is 2.30 bits per heavy atom. The van der Waals surface area contributed by atoms with E-state index in [1.54, 1.807) is 23.6 Å². The van der Waals surface area contributed by atoms with Crippen LogP contribution >= 0.6 is 11.3 Å². The minimum atomic E-state index is -0.283. The van der Waals surface area contributed by atoms with E-state index in [0.717, 1.165) is 29.8 Å². The molecular formula is C15H18FN3S. The van der Waals surface area contributed by atoms with Crippen LogP contribution in [0.3, 0.4) is 0 Å². The third kappa shape index (κ3) is 2.74. The van der Waals surface area contributed by atoms with E-state index >= 15 is 0 Å². The molecule has 0 saturated heterocycles. The average molecular weight is 291 g/mol. The summed E-state index contributed by atoms with van der Waals surface area (Å²) in [5.41, 5.74) is 2.12. The van der Waals surface area contributed by atoms with Crippen LogP contribution in [0.1, 0.15) is 53.0 Å². The Balaban J connectivity index is 1.78. The highest BCUT2D eigenvalue weighted by Crippen LogP contribution is 2.35. The first-order valence-electron chi connectivity index (χ1n) is 6.96. The molecular weight excluding hydrogens is 273 g/mol. The standard InChI is InChI=1S/C15H18FN3S/c1-9(11-6-12(16)8-17-7-11)18-13-4-3-5-14-15(13)20-10(2)19-14/h6-9,13,18H,3-5H2,1-2H3/t9-,13+/m0/s1. The van der Waals surface area contributed by atoms with E-state index in [-0.39, 0.29) is 11.9 Å². The number of hydrogen-bond acceptors (Lipinski definition) is 4. The smallest absolute Gasteiger partial charge is 0.141 e. The molecule has 0 amide bonds. The van der Waals surface area contributed by atoms with Gasteiger partial charge in [-0.05, 0) is 44.7 Å². The zero-order chi connectivity index (χ0) is 14.1. The van der Waals surface area contributed by atoms with Gasteiger partial charge in [-0.25, -0.2) is 9.37 Å². The number of nitrogens with zero attached hydrogens (tertiary/aromatic N) is 2. The van der Waals surface area contributed by atoms with Crippen LogP contribution in [0.5, 0.6) is 0 Å². The molecule has 0 bridgehead atoms. The van der Waals surface area contributed by atoms with Crippen molar-refractivity contribution < 1.29 is 4.39 Å². The number of aromatic nitrogens is 2. The summed E-state index contributed by atoms with van der Waals surface area (Å²) in [5, 5.41) is 4.72. The monoisotopic (exact) mass is 291 g/mol. The van der Waals surface area contributed by atoms with Crippen LogP contribution in [-0.4, -0.2) is 9.97 Å². The number of nitrogens with one attached hydrogen (secondary N) is 1. The molecule has 1 N–H and O–H groups in total. The van der Waals surface area contributed by atoms with Crippen molar-refractivity contribution in [3.63, 3.8) is 0 Å². The summed E-state index contributed by atoms with van der Waals surface area (Å²) >= 11 is 1.78. The number of aryl methyl sites for hydroxylation is 2. The molecule has 0 aliphatic heterocycles. The first-order valence-corrected chi connectivity index (χ1v) is 7.78. The zero-order valence-electron chi connectivity index (χ0n) is 11.7. The summed E-state index contributed by atoms with van der Waals surface area (Å²) in [6.07, 6.45) is 6.31. The second kappa shape index (κ2) is 5.58. The number of hydrogen-bond donors (Lipinski definition) is 1. The summed E-state index contributed by atoms with van der Waals surface area (Å²) in [6.45, 7) is 4.11. The van der Waals surface area contributed by atoms with Gasteiger partial charge >= 0.3 is 0 Å². The molecule has 20 heavy (non-hydrogen) atoms. The van der Waals surface area contributed by atoms with E-state index in [1.165, 1.54) is 16.8 Å². The number of thiazole rings is 1. The third-order valence-electron chi connectivity index (χ3n) is 3.73. The molecule has 0 radical (unpaired) electrons. The SMILES string of the molecule is Cc1nc2c(s1)[C@H](N[C@@H](C)c1cncc(F)c1)CCC2. The highest BCUT2D eigenvalue weighted by Gasteiger charge is 2.25. The van der Waals surface area contributed by atoms with Crippen molar-refractivity contribution in [1.29, 1.82) is 0 Å². The fourth-order valence-electron chi connectivity index (χ4n) is 2.76. The number of pyridine rings is 1. The van der Waals surface area contributed by atoms with Crippen molar-refractivity contribution in [2.24, 2.45) is 0 Å². The van der Waals surface area contributed by atoms with Gasteiger partial charge in [0.1, 0.15) is 5.82 Å². The maximum Gasteiger partial charge on any atom is 0.141 e. The number of rotatable bonds is 3. The molecule has 0 fully saturated rings. The van der Waals surface area contributed by atoms with Crippen LogP contribution in [0.2, 0.25) is 0 Å². The lowest BCUT2D eigenvalue weighted by Crippen LogP contribution is -2.27. The average Bonchev–Trinajstić information content (AvgIpc) is 2.80. The van der Waals surface area contributed by atoms with Gasteiger partial charge in [0.2, 0.25) is 0 Å². The Bertz CT molecular complexity index is 611. The lowest BCUT2D eigenvalue weighted by Gasteiger charge is -2.26. The van der Waals surface area contributed by atoms with Crippen LogP contribution < -0.4 is 5.32 Å². The molecule has 0 saturated carbocycles. The Hall–Kier alpha value is -1.33. The van der Waals surface area contributed by atoms with Crippen LogP contribution in [0.15, 0.2) is 18.5 Å². The fourth-order valence-corrected chi connectivity index (χ4v) is 3.83. The highest BCUT2D eigenvalue weighted by atomic mass is 32.1. The molecule has 1 aliphatic rings. The molecule has 3 nitrogen and oxygen atoms in total. The minimum absolute atomic E-state index is 0.0801. The van der Waals surface area contributed by atoms with Gasteiger partial charge in [0, 0.05) is 23.2 Å². The molecule has 0 spiro atoms.